The molecule has 0 spiro atoms. The molecular weight excluding hydrogens is 306 g/mol. The van der Waals surface area contributed by atoms with E-state index in [1.807, 2.05) is 0 Å². The summed E-state index contributed by atoms with van der Waals surface area (Å²) in [6.45, 7) is -0.459. The van der Waals surface area contributed by atoms with Gasteiger partial charge in [0.25, 0.3) is 0 Å². The standard InChI is InChI=1S/C12H10F2N2O4S/c13-8-1-2-10(14)7(3-8)5-16-21(19,20)9-4-11(12(17)18)15-6-9/h1-4,6,15-16H,5H2,(H,17,18). The second-order valence-electron chi connectivity index (χ2n) is 4.11. The molecule has 0 bridgehead atoms. The zero-order valence-electron chi connectivity index (χ0n) is 10.4. The molecule has 112 valence electrons. The van der Waals surface area contributed by atoms with Crippen molar-refractivity contribution >= 4 is 16.0 Å². The first kappa shape index (κ1) is 15.1. The highest BCUT2D eigenvalue weighted by atomic mass is 32.2. The quantitative estimate of drug-likeness (QED) is 0.778. The molecule has 0 aliphatic rings. The lowest BCUT2D eigenvalue weighted by molar-refractivity contribution is 0.0691. The predicted molar refractivity (Wildman–Crippen MR) is 68.1 cm³/mol. The molecule has 9 heteroatoms. The zero-order chi connectivity index (χ0) is 15.6. The fraction of sp³-hybridized carbons (Fsp3) is 0.0833. The van der Waals surface area contributed by atoms with Gasteiger partial charge in [0.2, 0.25) is 10.0 Å². The number of aromatic nitrogens is 1. The van der Waals surface area contributed by atoms with Crippen molar-refractivity contribution in [2.24, 2.45) is 0 Å². The summed E-state index contributed by atoms with van der Waals surface area (Å²) in [6.07, 6.45) is 0.994. The number of carbonyl (C=O) groups is 1. The zero-order valence-corrected chi connectivity index (χ0v) is 11.2. The summed E-state index contributed by atoms with van der Waals surface area (Å²) in [5.41, 5.74) is -0.458. The summed E-state index contributed by atoms with van der Waals surface area (Å²) < 4.78 is 52.2. The fourth-order valence-corrected chi connectivity index (χ4v) is 2.59. The Morgan fingerprint density at radius 3 is 2.62 bits per heavy atom. The van der Waals surface area contributed by atoms with Crippen LogP contribution in [-0.4, -0.2) is 24.5 Å². The lowest BCUT2D eigenvalue weighted by Gasteiger charge is -2.06. The minimum Gasteiger partial charge on any atom is -0.477 e. The van der Waals surface area contributed by atoms with Gasteiger partial charge in [0.15, 0.2) is 0 Å². The molecule has 2 aromatic rings. The Labute approximate surface area is 118 Å². The van der Waals surface area contributed by atoms with E-state index < -0.39 is 34.2 Å². The molecule has 2 rings (SSSR count). The van der Waals surface area contributed by atoms with Crippen molar-refractivity contribution in [3.63, 3.8) is 0 Å². The van der Waals surface area contributed by atoms with Gasteiger partial charge in [-0.3, -0.25) is 0 Å². The molecule has 3 N–H and O–H groups in total. The molecule has 0 atom stereocenters. The number of rotatable bonds is 5. The minimum absolute atomic E-state index is 0.160. The van der Waals surface area contributed by atoms with Crippen molar-refractivity contribution in [3.8, 4) is 0 Å². The molecule has 0 saturated carbocycles. The van der Waals surface area contributed by atoms with Crippen molar-refractivity contribution in [3.05, 3.63) is 53.4 Å². The van der Waals surface area contributed by atoms with Crippen LogP contribution >= 0.6 is 0 Å². The van der Waals surface area contributed by atoms with Crippen molar-refractivity contribution in [1.29, 1.82) is 0 Å². The molecule has 0 aliphatic heterocycles. The van der Waals surface area contributed by atoms with Gasteiger partial charge in [-0.1, -0.05) is 0 Å². The number of hydrogen-bond acceptors (Lipinski definition) is 3. The number of halogens is 2. The van der Waals surface area contributed by atoms with Gasteiger partial charge in [0, 0.05) is 18.3 Å². The van der Waals surface area contributed by atoms with Crippen molar-refractivity contribution in [1.82, 2.24) is 9.71 Å². The maximum atomic E-state index is 13.4. The molecule has 1 heterocycles. The van der Waals surface area contributed by atoms with E-state index in [-0.39, 0.29) is 16.2 Å². The maximum absolute atomic E-state index is 13.4. The number of sulfonamides is 1. The van der Waals surface area contributed by atoms with Crippen molar-refractivity contribution in [2.45, 2.75) is 11.4 Å². The number of carboxylic acid groups (broad SMARTS) is 1. The first-order chi connectivity index (χ1) is 9.79. The van der Waals surface area contributed by atoms with Gasteiger partial charge >= 0.3 is 5.97 Å². The second kappa shape index (κ2) is 5.62. The van der Waals surface area contributed by atoms with E-state index in [9.17, 15) is 22.0 Å². The second-order valence-corrected chi connectivity index (χ2v) is 5.88. The lowest BCUT2D eigenvalue weighted by atomic mass is 10.2. The molecule has 0 saturated heterocycles. The Morgan fingerprint density at radius 2 is 2.00 bits per heavy atom. The average Bonchev–Trinajstić information content (AvgIpc) is 2.90. The molecule has 6 nitrogen and oxygen atoms in total. The minimum atomic E-state index is -4.03. The van der Waals surface area contributed by atoms with E-state index in [4.69, 9.17) is 5.11 Å². The van der Waals surface area contributed by atoms with Crippen LogP contribution in [-0.2, 0) is 16.6 Å². The fourth-order valence-electron chi connectivity index (χ4n) is 1.59. The highest BCUT2D eigenvalue weighted by Crippen LogP contribution is 2.13. The van der Waals surface area contributed by atoms with E-state index in [1.54, 1.807) is 0 Å². The third kappa shape index (κ3) is 3.44. The number of benzene rings is 1. The maximum Gasteiger partial charge on any atom is 0.352 e. The number of H-pyrrole nitrogens is 1. The molecular formula is C12H10F2N2O4S. The number of carboxylic acids is 1. The van der Waals surface area contributed by atoms with Crippen LogP contribution < -0.4 is 4.72 Å². The summed E-state index contributed by atoms with van der Waals surface area (Å²) >= 11 is 0. The van der Waals surface area contributed by atoms with Gasteiger partial charge in [0.05, 0.1) is 0 Å². The van der Waals surface area contributed by atoms with Gasteiger partial charge in [-0.25, -0.2) is 26.7 Å². The monoisotopic (exact) mass is 316 g/mol. The summed E-state index contributed by atoms with van der Waals surface area (Å²) in [5, 5.41) is 8.70. The molecule has 0 aliphatic carbocycles. The van der Waals surface area contributed by atoms with Crippen LogP contribution in [0.5, 0.6) is 0 Å². The molecule has 0 radical (unpaired) electrons. The van der Waals surface area contributed by atoms with Crippen LogP contribution in [0.2, 0.25) is 0 Å². The predicted octanol–water partition coefficient (Wildman–Crippen LogP) is 1.47. The molecule has 1 aromatic heterocycles. The molecule has 0 fully saturated rings. The van der Waals surface area contributed by atoms with Crippen LogP contribution in [0.4, 0.5) is 8.78 Å². The molecule has 0 unspecified atom stereocenters. The summed E-state index contributed by atoms with van der Waals surface area (Å²) in [7, 11) is -4.03. The van der Waals surface area contributed by atoms with Gasteiger partial charge in [-0.15, -0.1) is 0 Å². The topological polar surface area (TPSA) is 99.3 Å². The van der Waals surface area contributed by atoms with Crippen LogP contribution in [0, 0.1) is 11.6 Å². The molecule has 0 amide bonds. The number of aromatic carboxylic acids is 1. The lowest BCUT2D eigenvalue weighted by Crippen LogP contribution is -2.23. The summed E-state index contributed by atoms with van der Waals surface area (Å²) in [4.78, 5) is 12.6. The Hall–Kier alpha value is -2.26. The van der Waals surface area contributed by atoms with Crippen LogP contribution in [0.25, 0.3) is 0 Å². The van der Waals surface area contributed by atoms with Gasteiger partial charge < -0.3 is 10.1 Å². The molecule has 1 aromatic carbocycles. The number of nitrogens with one attached hydrogen (secondary N) is 2. The Morgan fingerprint density at radius 1 is 1.29 bits per heavy atom. The third-order valence-electron chi connectivity index (χ3n) is 2.66. The van der Waals surface area contributed by atoms with Crippen molar-refractivity contribution < 1.29 is 27.1 Å². The van der Waals surface area contributed by atoms with Gasteiger partial charge in [0.1, 0.15) is 22.2 Å². The van der Waals surface area contributed by atoms with E-state index in [0.717, 1.165) is 30.5 Å². The SMILES string of the molecule is O=C(O)c1cc(S(=O)(=O)NCc2cc(F)ccc2F)c[nH]1. The van der Waals surface area contributed by atoms with Crippen molar-refractivity contribution in [2.75, 3.05) is 0 Å². The van der Waals surface area contributed by atoms with E-state index >= 15 is 0 Å². The first-order valence-electron chi connectivity index (χ1n) is 5.65. The summed E-state index contributed by atoms with van der Waals surface area (Å²) in [6, 6.07) is 3.60. The number of hydrogen-bond donors (Lipinski definition) is 3. The first-order valence-corrected chi connectivity index (χ1v) is 7.13. The number of aromatic amines is 1. The third-order valence-corrected chi connectivity index (χ3v) is 4.04. The van der Waals surface area contributed by atoms with Crippen LogP contribution in [0.3, 0.4) is 0 Å². The highest BCUT2D eigenvalue weighted by Gasteiger charge is 2.18. The summed E-state index contributed by atoms with van der Waals surface area (Å²) in [5.74, 6) is -2.76. The normalized spacial score (nSPS) is 11.5. The van der Waals surface area contributed by atoms with E-state index in [2.05, 4.69) is 9.71 Å². The van der Waals surface area contributed by atoms with Crippen LogP contribution in [0.1, 0.15) is 16.1 Å². The Kier molecular flexibility index (Phi) is 4.05. The van der Waals surface area contributed by atoms with Gasteiger partial charge in [-0.2, -0.15) is 0 Å². The smallest absolute Gasteiger partial charge is 0.352 e. The Balaban J connectivity index is 2.17. The highest BCUT2D eigenvalue weighted by molar-refractivity contribution is 7.89. The van der Waals surface area contributed by atoms with E-state index in [1.165, 1.54) is 0 Å². The van der Waals surface area contributed by atoms with Gasteiger partial charge in [-0.05, 0) is 24.3 Å². The Bertz CT molecular complexity index is 786. The molecule has 21 heavy (non-hydrogen) atoms. The average molecular weight is 316 g/mol. The van der Waals surface area contributed by atoms with E-state index in [0.29, 0.717) is 0 Å². The van der Waals surface area contributed by atoms with Crippen LogP contribution in [0.15, 0.2) is 35.4 Å². The largest absolute Gasteiger partial charge is 0.477 e.